The largest absolute Gasteiger partial charge is 0.496 e. The molecule has 6 nitrogen and oxygen atoms in total. The summed E-state index contributed by atoms with van der Waals surface area (Å²) >= 11 is 1.43. The van der Waals surface area contributed by atoms with Gasteiger partial charge in [0.15, 0.2) is 0 Å². The van der Waals surface area contributed by atoms with Crippen LogP contribution in [0.5, 0.6) is 5.75 Å². The molecule has 31 heavy (non-hydrogen) atoms. The molecule has 0 bridgehead atoms. The summed E-state index contributed by atoms with van der Waals surface area (Å²) in [6.07, 6.45) is 2.05. The Labute approximate surface area is 184 Å². The Morgan fingerprint density at radius 2 is 1.84 bits per heavy atom. The molecule has 2 N–H and O–H groups in total. The number of rotatable bonds is 8. The SMILES string of the molecule is COc1ccc2[nH]c(=O)c3sccc3c2c1-c1ccc(CCNCCS(C)(=O)=O)cc1. The fraction of sp³-hybridized carbons (Fsp3) is 0.261. The molecular weight excluding hydrogens is 432 g/mol. The third-order valence-electron chi connectivity index (χ3n) is 5.26. The molecule has 0 aliphatic rings. The van der Waals surface area contributed by atoms with Gasteiger partial charge in [0.05, 0.1) is 12.9 Å². The fourth-order valence-corrected chi connectivity index (χ4v) is 5.05. The van der Waals surface area contributed by atoms with Crippen LogP contribution in [0.15, 0.2) is 52.6 Å². The van der Waals surface area contributed by atoms with E-state index in [-0.39, 0.29) is 11.3 Å². The molecular formula is C23H24N2O4S2. The highest BCUT2D eigenvalue weighted by Crippen LogP contribution is 2.40. The van der Waals surface area contributed by atoms with Gasteiger partial charge >= 0.3 is 0 Å². The topological polar surface area (TPSA) is 88.3 Å². The average molecular weight is 457 g/mol. The summed E-state index contributed by atoms with van der Waals surface area (Å²) in [5.41, 5.74) is 3.83. The van der Waals surface area contributed by atoms with Crippen molar-refractivity contribution in [2.75, 3.05) is 32.2 Å². The lowest BCUT2D eigenvalue weighted by Gasteiger charge is -2.14. The normalized spacial score (nSPS) is 11.9. The molecule has 0 amide bonds. The minimum absolute atomic E-state index is 0.0765. The van der Waals surface area contributed by atoms with Crippen LogP contribution in [0.3, 0.4) is 0 Å². The summed E-state index contributed by atoms with van der Waals surface area (Å²) in [6, 6.07) is 14.0. The van der Waals surface area contributed by atoms with Gasteiger partial charge in [0, 0.05) is 34.7 Å². The summed E-state index contributed by atoms with van der Waals surface area (Å²) in [5, 5.41) is 7.01. The van der Waals surface area contributed by atoms with Crippen molar-refractivity contribution in [3.05, 3.63) is 63.8 Å². The molecule has 0 atom stereocenters. The van der Waals surface area contributed by atoms with Gasteiger partial charge in [-0.05, 0) is 47.7 Å². The van der Waals surface area contributed by atoms with E-state index in [0.29, 0.717) is 17.8 Å². The lowest BCUT2D eigenvalue weighted by molar-refractivity contribution is 0.417. The first-order chi connectivity index (χ1) is 14.9. The Morgan fingerprint density at radius 3 is 2.55 bits per heavy atom. The van der Waals surface area contributed by atoms with Crippen LogP contribution in [-0.4, -0.2) is 45.6 Å². The van der Waals surface area contributed by atoms with Gasteiger partial charge in [0.2, 0.25) is 0 Å². The Bertz CT molecular complexity index is 1390. The van der Waals surface area contributed by atoms with E-state index < -0.39 is 9.84 Å². The maximum Gasteiger partial charge on any atom is 0.266 e. The van der Waals surface area contributed by atoms with Gasteiger partial charge in [-0.25, -0.2) is 8.42 Å². The highest BCUT2D eigenvalue weighted by atomic mass is 32.2. The fourth-order valence-electron chi connectivity index (χ4n) is 3.74. The number of H-pyrrole nitrogens is 1. The molecule has 0 unspecified atom stereocenters. The van der Waals surface area contributed by atoms with Crippen molar-refractivity contribution in [1.29, 1.82) is 0 Å². The first-order valence-corrected chi connectivity index (χ1v) is 12.9. The van der Waals surface area contributed by atoms with Crippen LogP contribution in [0.1, 0.15) is 5.56 Å². The number of fused-ring (bicyclic) bond motifs is 3. The smallest absolute Gasteiger partial charge is 0.266 e. The van der Waals surface area contributed by atoms with E-state index in [9.17, 15) is 13.2 Å². The summed E-state index contributed by atoms with van der Waals surface area (Å²) in [6.45, 7) is 1.17. The van der Waals surface area contributed by atoms with E-state index in [1.54, 1.807) is 7.11 Å². The third-order valence-corrected chi connectivity index (χ3v) is 7.12. The van der Waals surface area contributed by atoms with Crippen molar-refractivity contribution in [1.82, 2.24) is 10.3 Å². The Balaban J connectivity index is 1.64. The van der Waals surface area contributed by atoms with Crippen LogP contribution in [0.25, 0.3) is 32.1 Å². The van der Waals surface area contributed by atoms with Gasteiger partial charge in [-0.2, -0.15) is 0 Å². The molecule has 2 aromatic carbocycles. The number of methoxy groups -OCH3 is 1. The van der Waals surface area contributed by atoms with Gasteiger partial charge in [0.25, 0.3) is 5.56 Å². The molecule has 162 valence electrons. The van der Waals surface area contributed by atoms with Gasteiger partial charge in [-0.15, -0.1) is 11.3 Å². The molecule has 2 heterocycles. The second-order valence-corrected chi connectivity index (χ2v) is 10.7. The van der Waals surface area contributed by atoms with E-state index in [0.717, 1.165) is 45.1 Å². The van der Waals surface area contributed by atoms with Crippen LogP contribution in [-0.2, 0) is 16.3 Å². The van der Waals surface area contributed by atoms with E-state index >= 15 is 0 Å². The number of pyridine rings is 1. The maximum absolute atomic E-state index is 12.4. The molecule has 0 aliphatic carbocycles. The zero-order valence-electron chi connectivity index (χ0n) is 17.4. The third kappa shape index (κ3) is 4.66. The highest BCUT2D eigenvalue weighted by molar-refractivity contribution is 7.90. The van der Waals surface area contributed by atoms with Crippen molar-refractivity contribution in [2.45, 2.75) is 6.42 Å². The van der Waals surface area contributed by atoms with E-state index in [1.807, 2.05) is 23.6 Å². The number of hydrogen-bond donors (Lipinski definition) is 2. The van der Waals surface area contributed by atoms with Gasteiger partial charge in [-0.3, -0.25) is 4.79 Å². The summed E-state index contributed by atoms with van der Waals surface area (Å²) in [5.74, 6) is 0.897. The van der Waals surface area contributed by atoms with Gasteiger partial charge in [0.1, 0.15) is 20.3 Å². The molecule has 8 heteroatoms. The summed E-state index contributed by atoms with van der Waals surface area (Å²) in [4.78, 5) is 15.4. The van der Waals surface area contributed by atoms with Gasteiger partial charge in [-0.1, -0.05) is 24.3 Å². The van der Waals surface area contributed by atoms with Crippen LogP contribution in [0.4, 0.5) is 0 Å². The van der Waals surface area contributed by atoms with Crippen LogP contribution in [0.2, 0.25) is 0 Å². The van der Waals surface area contributed by atoms with Crippen molar-refractivity contribution >= 4 is 42.2 Å². The molecule has 2 aromatic heterocycles. The first-order valence-electron chi connectivity index (χ1n) is 9.95. The molecule has 0 fully saturated rings. The number of aromatic nitrogens is 1. The van der Waals surface area contributed by atoms with E-state index in [2.05, 4.69) is 34.6 Å². The van der Waals surface area contributed by atoms with Crippen molar-refractivity contribution in [3.8, 4) is 16.9 Å². The van der Waals surface area contributed by atoms with Crippen LogP contribution < -0.4 is 15.6 Å². The standard InChI is InChI=1S/C23H24N2O4S2/c1-29-19-8-7-18-21(17-10-13-30-22(17)23(26)25-18)20(19)16-5-3-15(4-6-16)9-11-24-12-14-31(2,27)28/h3-8,10,13,24H,9,11-12,14H2,1-2H3,(H,25,26). The Morgan fingerprint density at radius 1 is 1.06 bits per heavy atom. The van der Waals surface area contributed by atoms with Crippen molar-refractivity contribution in [2.24, 2.45) is 0 Å². The molecule has 0 saturated heterocycles. The Hall–Kier alpha value is -2.68. The van der Waals surface area contributed by atoms with Crippen LogP contribution >= 0.6 is 11.3 Å². The second-order valence-electron chi connectivity index (χ2n) is 7.51. The maximum atomic E-state index is 12.4. The molecule has 4 rings (SSSR count). The average Bonchev–Trinajstić information content (AvgIpc) is 3.23. The van der Waals surface area contributed by atoms with Crippen molar-refractivity contribution in [3.63, 3.8) is 0 Å². The minimum atomic E-state index is -2.94. The first kappa shape index (κ1) is 21.5. The highest BCUT2D eigenvalue weighted by Gasteiger charge is 2.16. The van der Waals surface area contributed by atoms with E-state index in [4.69, 9.17) is 4.74 Å². The second kappa shape index (κ2) is 8.82. The lowest BCUT2D eigenvalue weighted by Crippen LogP contribution is -2.24. The predicted octanol–water partition coefficient (Wildman–Crippen LogP) is 3.60. The zero-order valence-corrected chi connectivity index (χ0v) is 19.0. The quantitative estimate of drug-likeness (QED) is 0.396. The molecule has 0 spiro atoms. The van der Waals surface area contributed by atoms with Crippen LogP contribution in [0, 0.1) is 0 Å². The molecule has 0 aliphatic heterocycles. The van der Waals surface area contributed by atoms with Crippen molar-refractivity contribution < 1.29 is 13.2 Å². The molecule has 0 radical (unpaired) electrons. The van der Waals surface area contributed by atoms with E-state index in [1.165, 1.54) is 17.6 Å². The van der Waals surface area contributed by atoms with Gasteiger partial charge < -0.3 is 15.0 Å². The summed E-state index contributed by atoms with van der Waals surface area (Å²) in [7, 11) is -1.29. The molecule has 0 saturated carbocycles. The number of sulfone groups is 1. The Kier molecular flexibility index (Phi) is 6.13. The number of ether oxygens (including phenoxy) is 1. The number of aromatic amines is 1. The predicted molar refractivity (Wildman–Crippen MR) is 128 cm³/mol. The number of benzene rings is 2. The number of hydrogen-bond acceptors (Lipinski definition) is 6. The number of nitrogens with one attached hydrogen (secondary N) is 2. The monoisotopic (exact) mass is 456 g/mol. The molecule has 4 aromatic rings. The summed E-state index contributed by atoms with van der Waals surface area (Å²) < 4.78 is 28.8. The minimum Gasteiger partial charge on any atom is -0.496 e. The lowest BCUT2D eigenvalue weighted by atomic mass is 9.96. The zero-order chi connectivity index (χ0) is 22.0. The number of thiophene rings is 1.